The van der Waals surface area contributed by atoms with Gasteiger partial charge in [0, 0.05) is 5.69 Å². The van der Waals surface area contributed by atoms with Gasteiger partial charge in [-0.2, -0.15) is 0 Å². The summed E-state index contributed by atoms with van der Waals surface area (Å²) < 4.78 is 15.0. The van der Waals surface area contributed by atoms with E-state index in [0.717, 1.165) is 0 Å². The molecule has 1 heterocycles. The van der Waals surface area contributed by atoms with Crippen LogP contribution < -0.4 is 5.56 Å². The molecule has 0 aliphatic rings. The second-order valence-corrected chi connectivity index (χ2v) is 3.94. The highest BCUT2D eigenvalue weighted by Crippen LogP contribution is 2.13. The van der Waals surface area contributed by atoms with Crippen LogP contribution in [0.4, 0.5) is 4.39 Å². The molecule has 0 saturated heterocycles. The van der Waals surface area contributed by atoms with Gasteiger partial charge in [-0.1, -0.05) is 12.1 Å². The average Bonchev–Trinajstić information content (AvgIpc) is 2.47. The van der Waals surface area contributed by atoms with Crippen molar-refractivity contribution in [3.05, 3.63) is 50.6 Å². The van der Waals surface area contributed by atoms with E-state index < -0.39 is 5.82 Å². The summed E-state index contributed by atoms with van der Waals surface area (Å²) >= 11 is 3.13. The van der Waals surface area contributed by atoms with Gasteiger partial charge in [-0.05, 0) is 35.0 Å². The Morgan fingerprint density at radius 1 is 1.40 bits per heavy atom. The number of hydrogen-bond acceptors (Lipinski definition) is 1. The minimum Gasteiger partial charge on any atom is -0.294 e. The van der Waals surface area contributed by atoms with Crippen LogP contribution in [0.5, 0.6) is 0 Å². The molecule has 15 heavy (non-hydrogen) atoms. The van der Waals surface area contributed by atoms with E-state index in [-0.39, 0.29) is 11.2 Å². The van der Waals surface area contributed by atoms with Gasteiger partial charge in [0.05, 0.1) is 0 Å². The number of benzene rings is 1. The van der Waals surface area contributed by atoms with E-state index in [2.05, 4.69) is 21.0 Å². The number of aromatic nitrogens is 2. The average molecular weight is 271 g/mol. The second-order valence-electron chi connectivity index (χ2n) is 3.14. The summed E-state index contributed by atoms with van der Waals surface area (Å²) in [5.74, 6) is -0.437. The van der Waals surface area contributed by atoms with Crippen LogP contribution in [0.2, 0.25) is 0 Å². The first-order valence-corrected chi connectivity index (χ1v) is 5.12. The van der Waals surface area contributed by atoms with Crippen LogP contribution in [0.15, 0.2) is 33.5 Å². The third-order valence-electron chi connectivity index (χ3n) is 2.09. The molecule has 5 heteroatoms. The number of nitrogens with one attached hydrogen (secondary N) is 1. The van der Waals surface area contributed by atoms with E-state index in [4.69, 9.17) is 0 Å². The van der Waals surface area contributed by atoms with Crippen molar-refractivity contribution in [1.29, 1.82) is 0 Å². The molecule has 1 N–H and O–H groups in total. The second kappa shape index (κ2) is 3.66. The minimum atomic E-state index is -0.437. The molecular formula is C10H8BrFN2O. The first-order valence-electron chi connectivity index (χ1n) is 4.33. The summed E-state index contributed by atoms with van der Waals surface area (Å²) in [5, 5.41) is 2.79. The zero-order valence-electron chi connectivity index (χ0n) is 7.92. The molecule has 1 aromatic heterocycles. The van der Waals surface area contributed by atoms with Gasteiger partial charge < -0.3 is 0 Å². The fraction of sp³-hybridized carbons (Fsp3) is 0.100. The fourth-order valence-electron chi connectivity index (χ4n) is 1.33. The maximum Gasteiger partial charge on any atom is 0.285 e. The van der Waals surface area contributed by atoms with Gasteiger partial charge >= 0.3 is 0 Å². The summed E-state index contributed by atoms with van der Waals surface area (Å²) in [5.41, 5.74) is 0.595. The van der Waals surface area contributed by atoms with E-state index in [1.54, 1.807) is 25.1 Å². The lowest BCUT2D eigenvalue weighted by molar-refractivity contribution is 0.607. The van der Waals surface area contributed by atoms with Crippen molar-refractivity contribution < 1.29 is 4.39 Å². The maximum atomic E-state index is 13.4. The molecule has 0 fully saturated rings. The van der Waals surface area contributed by atoms with E-state index in [0.29, 0.717) is 10.2 Å². The van der Waals surface area contributed by atoms with Crippen LogP contribution in [-0.2, 0) is 0 Å². The fourth-order valence-corrected chi connectivity index (χ4v) is 1.59. The Labute approximate surface area is 93.7 Å². The van der Waals surface area contributed by atoms with E-state index >= 15 is 0 Å². The Hall–Kier alpha value is -1.36. The van der Waals surface area contributed by atoms with E-state index in [1.165, 1.54) is 10.7 Å². The summed E-state index contributed by atoms with van der Waals surface area (Å²) in [6.07, 6.45) is 0. The van der Waals surface area contributed by atoms with Crippen LogP contribution >= 0.6 is 15.9 Å². The normalized spacial score (nSPS) is 10.6. The lowest BCUT2D eigenvalue weighted by Gasteiger charge is -2.01. The van der Waals surface area contributed by atoms with Gasteiger partial charge in [-0.3, -0.25) is 9.89 Å². The zero-order chi connectivity index (χ0) is 11.0. The summed E-state index contributed by atoms with van der Waals surface area (Å²) in [6.45, 7) is 1.74. The molecule has 0 aliphatic carbocycles. The quantitative estimate of drug-likeness (QED) is 0.849. The van der Waals surface area contributed by atoms with Crippen molar-refractivity contribution in [3.8, 4) is 5.69 Å². The van der Waals surface area contributed by atoms with Gasteiger partial charge in [-0.15, -0.1) is 0 Å². The topological polar surface area (TPSA) is 37.8 Å². The van der Waals surface area contributed by atoms with Crippen LogP contribution in [0, 0.1) is 12.7 Å². The van der Waals surface area contributed by atoms with Gasteiger partial charge in [0.25, 0.3) is 5.56 Å². The molecule has 0 saturated carbocycles. The van der Waals surface area contributed by atoms with Crippen LogP contribution in [0.3, 0.4) is 0 Å². The predicted molar refractivity (Wildman–Crippen MR) is 58.8 cm³/mol. The molecule has 0 amide bonds. The number of aryl methyl sites for hydroxylation is 1. The Balaban J connectivity index is 2.70. The highest BCUT2D eigenvalue weighted by Gasteiger charge is 2.11. The number of nitrogens with zero attached hydrogens (tertiary/aromatic N) is 1. The Morgan fingerprint density at radius 2 is 2.07 bits per heavy atom. The number of H-pyrrole nitrogens is 1. The molecule has 0 unspecified atom stereocenters. The highest BCUT2D eigenvalue weighted by molar-refractivity contribution is 9.10. The Kier molecular flexibility index (Phi) is 2.48. The number of rotatable bonds is 1. The van der Waals surface area contributed by atoms with Gasteiger partial charge in [0.2, 0.25) is 0 Å². The number of aromatic amines is 1. The third-order valence-corrected chi connectivity index (χ3v) is 3.03. The molecule has 0 aliphatic heterocycles. The maximum absolute atomic E-state index is 13.4. The number of halogens is 2. The largest absolute Gasteiger partial charge is 0.294 e. The Morgan fingerprint density at radius 3 is 2.60 bits per heavy atom. The van der Waals surface area contributed by atoms with Crippen molar-refractivity contribution in [1.82, 2.24) is 9.78 Å². The first kappa shape index (κ1) is 10.2. The Bertz CT molecular complexity index is 559. The molecule has 0 spiro atoms. The zero-order valence-corrected chi connectivity index (χ0v) is 9.51. The van der Waals surface area contributed by atoms with Crippen LogP contribution in [0.25, 0.3) is 5.69 Å². The van der Waals surface area contributed by atoms with Crippen LogP contribution in [-0.4, -0.2) is 9.78 Å². The molecule has 1 aromatic carbocycles. The standard InChI is InChI=1S/C10H8BrFN2O/c1-6-9(11)10(15)14(13-6)8-5-3-2-4-7(8)12/h2-5,13H,1H3. The molecule has 0 radical (unpaired) electrons. The van der Waals surface area contributed by atoms with Crippen molar-refractivity contribution in [2.75, 3.05) is 0 Å². The van der Waals surface area contributed by atoms with E-state index in [9.17, 15) is 9.18 Å². The van der Waals surface area contributed by atoms with Gasteiger partial charge in [0.1, 0.15) is 16.0 Å². The lowest BCUT2D eigenvalue weighted by Crippen LogP contribution is -2.15. The molecule has 2 rings (SSSR count). The molecular weight excluding hydrogens is 263 g/mol. The SMILES string of the molecule is Cc1[nH]n(-c2ccccc2F)c(=O)c1Br. The molecule has 2 aromatic rings. The van der Waals surface area contributed by atoms with E-state index in [1.807, 2.05) is 0 Å². The molecule has 0 atom stereocenters. The van der Waals surface area contributed by atoms with Crippen molar-refractivity contribution in [2.24, 2.45) is 0 Å². The molecule has 0 bridgehead atoms. The van der Waals surface area contributed by atoms with Gasteiger partial charge in [0.15, 0.2) is 0 Å². The molecule has 78 valence electrons. The summed E-state index contributed by atoms with van der Waals surface area (Å²) in [4.78, 5) is 11.7. The molecule has 3 nitrogen and oxygen atoms in total. The summed E-state index contributed by atoms with van der Waals surface area (Å²) in [6, 6.07) is 6.11. The first-order chi connectivity index (χ1) is 7.11. The minimum absolute atomic E-state index is 0.219. The third kappa shape index (κ3) is 1.63. The van der Waals surface area contributed by atoms with Crippen molar-refractivity contribution in [3.63, 3.8) is 0 Å². The predicted octanol–water partition coefficient (Wildman–Crippen LogP) is 2.38. The van der Waals surface area contributed by atoms with Crippen molar-refractivity contribution in [2.45, 2.75) is 6.92 Å². The monoisotopic (exact) mass is 270 g/mol. The number of para-hydroxylation sites is 1. The lowest BCUT2D eigenvalue weighted by atomic mass is 10.3. The highest BCUT2D eigenvalue weighted by atomic mass is 79.9. The van der Waals surface area contributed by atoms with Crippen LogP contribution in [0.1, 0.15) is 5.69 Å². The smallest absolute Gasteiger partial charge is 0.285 e. The number of hydrogen-bond donors (Lipinski definition) is 1. The van der Waals surface area contributed by atoms with Gasteiger partial charge in [-0.25, -0.2) is 9.07 Å². The summed E-state index contributed by atoms with van der Waals surface area (Å²) in [7, 11) is 0. The van der Waals surface area contributed by atoms with Crippen molar-refractivity contribution >= 4 is 15.9 Å².